The average molecular weight is 369 g/mol. The molecule has 0 aromatic heterocycles. The van der Waals surface area contributed by atoms with E-state index in [2.05, 4.69) is 29.7 Å². The van der Waals surface area contributed by atoms with Gasteiger partial charge in [-0.2, -0.15) is 0 Å². The van der Waals surface area contributed by atoms with E-state index < -0.39 is 0 Å². The van der Waals surface area contributed by atoms with Gasteiger partial charge < -0.3 is 11.5 Å². The lowest BCUT2D eigenvalue weighted by Crippen LogP contribution is -2.46. The Labute approximate surface area is 158 Å². The van der Waals surface area contributed by atoms with Gasteiger partial charge in [-0.25, -0.2) is 9.78 Å². The van der Waals surface area contributed by atoms with Gasteiger partial charge >= 0.3 is 0 Å². The maximum atomic E-state index is 5.88. The number of fused-ring (bicyclic) bond motifs is 1. The molecule has 136 valence electrons. The van der Waals surface area contributed by atoms with Crippen LogP contribution < -0.4 is 11.5 Å². The van der Waals surface area contributed by atoms with Gasteiger partial charge in [0, 0.05) is 17.8 Å². The molecule has 2 unspecified atom stereocenters. The molecule has 0 amide bonds. The molecule has 4 nitrogen and oxygen atoms in total. The summed E-state index contributed by atoms with van der Waals surface area (Å²) in [5.74, 6) is 0. The fourth-order valence-corrected chi connectivity index (χ4v) is 5.19. The van der Waals surface area contributed by atoms with E-state index in [0.29, 0.717) is 0 Å². The van der Waals surface area contributed by atoms with Crippen molar-refractivity contribution in [1.82, 2.24) is 0 Å². The SMILES string of the molecule is CC1CC2=CSC(Cc3ccc(N)cc3)(Cc3ccc(N)cc3)C2OO1. The van der Waals surface area contributed by atoms with E-state index in [-0.39, 0.29) is 17.0 Å². The van der Waals surface area contributed by atoms with Crippen LogP contribution in [0.2, 0.25) is 0 Å². The lowest BCUT2D eigenvalue weighted by Gasteiger charge is -2.38. The molecule has 2 heterocycles. The number of anilines is 2. The second-order valence-corrected chi connectivity index (χ2v) is 8.58. The molecule has 2 aromatic carbocycles. The Kier molecular flexibility index (Phi) is 4.69. The molecule has 0 bridgehead atoms. The molecule has 0 spiro atoms. The third-order valence-corrected chi connectivity index (χ3v) is 6.46. The molecule has 2 aliphatic heterocycles. The van der Waals surface area contributed by atoms with Gasteiger partial charge in [0.1, 0.15) is 6.10 Å². The van der Waals surface area contributed by atoms with Gasteiger partial charge in [-0.3, -0.25) is 0 Å². The fraction of sp³-hybridized carbons (Fsp3) is 0.333. The highest BCUT2D eigenvalue weighted by molar-refractivity contribution is 8.03. The predicted octanol–water partition coefficient (Wildman–Crippen LogP) is 4.11. The summed E-state index contributed by atoms with van der Waals surface area (Å²) in [4.78, 5) is 11.4. The van der Waals surface area contributed by atoms with E-state index in [4.69, 9.17) is 21.2 Å². The molecule has 1 saturated heterocycles. The summed E-state index contributed by atoms with van der Waals surface area (Å²) in [6.07, 6.45) is 2.74. The first-order valence-corrected chi connectivity index (χ1v) is 9.80. The lowest BCUT2D eigenvalue weighted by molar-refractivity contribution is -0.359. The molecule has 0 radical (unpaired) electrons. The Morgan fingerprint density at radius 1 is 0.923 bits per heavy atom. The molecule has 2 atom stereocenters. The summed E-state index contributed by atoms with van der Waals surface area (Å²) in [5.41, 5.74) is 17.1. The second-order valence-electron chi connectivity index (χ2n) is 7.30. The summed E-state index contributed by atoms with van der Waals surface area (Å²) < 4.78 is -0.137. The van der Waals surface area contributed by atoms with E-state index in [1.165, 1.54) is 16.7 Å². The molecule has 5 heteroatoms. The van der Waals surface area contributed by atoms with Crippen molar-refractivity contribution in [3.63, 3.8) is 0 Å². The smallest absolute Gasteiger partial charge is 0.130 e. The van der Waals surface area contributed by atoms with Crippen LogP contribution >= 0.6 is 11.8 Å². The van der Waals surface area contributed by atoms with Crippen molar-refractivity contribution < 1.29 is 9.78 Å². The van der Waals surface area contributed by atoms with Crippen LogP contribution in [-0.4, -0.2) is 17.0 Å². The monoisotopic (exact) mass is 368 g/mol. The summed E-state index contributed by atoms with van der Waals surface area (Å²) in [6.45, 7) is 2.04. The third-order valence-electron chi connectivity index (χ3n) is 5.06. The van der Waals surface area contributed by atoms with Crippen LogP contribution in [0.15, 0.2) is 59.5 Å². The second kappa shape index (κ2) is 6.99. The zero-order chi connectivity index (χ0) is 18.1. The molecule has 4 N–H and O–H groups in total. The lowest BCUT2D eigenvalue weighted by atomic mass is 9.83. The third kappa shape index (κ3) is 3.47. The Bertz CT molecular complexity index is 754. The van der Waals surface area contributed by atoms with Gasteiger partial charge in [-0.05, 0) is 66.1 Å². The minimum absolute atomic E-state index is 0.0428. The molecular formula is C21H24N2O2S. The summed E-state index contributed by atoms with van der Waals surface area (Å²) in [5, 5.41) is 2.28. The molecule has 0 aliphatic carbocycles. The molecule has 2 aromatic rings. The molecule has 2 aliphatic rings. The van der Waals surface area contributed by atoms with E-state index in [0.717, 1.165) is 30.6 Å². The van der Waals surface area contributed by atoms with Crippen LogP contribution in [0.25, 0.3) is 0 Å². The van der Waals surface area contributed by atoms with Crippen LogP contribution in [0.1, 0.15) is 24.5 Å². The molecule has 26 heavy (non-hydrogen) atoms. The molecular weight excluding hydrogens is 344 g/mol. The van der Waals surface area contributed by atoms with E-state index in [9.17, 15) is 0 Å². The Hall–Kier alpha value is -1.95. The average Bonchev–Trinajstić information content (AvgIpc) is 2.96. The number of thioether (sulfide) groups is 1. The van der Waals surface area contributed by atoms with Crippen LogP contribution in [0.4, 0.5) is 11.4 Å². The highest BCUT2D eigenvalue weighted by atomic mass is 32.2. The number of nitrogens with two attached hydrogens (primary N) is 2. The van der Waals surface area contributed by atoms with Gasteiger partial charge in [0.05, 0.1) is 10.9 Å². The number of benzene rings is 2. The minimum atomic E-state index is -0.137. The Morgan fingerprint density at radius 2 is 1.46 bits per heavy atom. The summed E-state index contributed by atoms with van der Waals surface area (Å²) in [7, 11) is 0. The van der Waals surface area contributed by atoms with Gasteiger partial charge in [-0.15, -0.1) is 11.8 Å². The molecule has 4 rings (SSSR count). The molecule has 1 fully saturated rings. The normalized spacial score (nSPS) is 24.1. The fourth-order valence-electron chi connectivity index (χ4n) is 3.77. The molecule has 0 saturated carbocycles. The maximum absolute atomic E-state index is 5.88. The zero-order valence-electron chi connectivity index (χ0n) is 14.9. The zero-order valence-corrected chi connectivity index (χ0v) is 15.7. The Balaban J connectivity index is 1.65. The first-order chi connectivity index (χ1) is 12.5. The van der Waals surface area contributed by atoms with Crippen molar-refractivity contribution in [2.24, 2.45) is 0 Å². The van der Waals surface area contributed by atoms with Crippen molar-refractivity contribution in [2.45, 2.75) is 43.1 Å². The minimum Gasteiger partial charge on any atom is -0.399 e. The number of nitrogen functional groups attached to an aromatic ring is 2. The van der Waals surface area contributed by atoms with Gasteiger partial charge in [0.25, 0.3) is 0 Å². The highest BCUT2D eigenvalue weighted by Crippen LogP contribution is 2.50. The topological polar surface area (TPSA) is 70.5 Å². The number of hydrogen-bond donors (Lipinski definition) is 2. The van der Waals surface area contributed by atoms with Gasteiger partial charge in [0.15, 0.2) is 0 Å². The van der Waals surface area contributed by atoms with Crippen molar-refractivity contribution in [1.29, 1.82) is 0 Å². The van der Waals surface area contributed by atoms with Gasteiger partial charge in [0.2, 0.25) is 0 Å². The maximum Gasteiger partial charge on any atom is 0.130 e. The largest absolute Gasteiger partial charge is 0.399 e. The van der Waals surface area contributed by atoms with Crippen LogP contribution in [0.3, 0.4) is 0 Å². The van der Waals surface area contributed by atoms with Crippen LogP contribution in [-0.2, 0) is 22.6 Å². The highest BCUT2D eigenvalue weighted by Gasteiger charge is 2.49. The first kappa shape index (κ1) is 17.5. The van der Waals surface area contributed by atoms with E-state index in [1.54, 1.807) is 0 Å². The standard InChI is InChI=1S/C21H24N2O2S/c1-14-10-17-13-26-21(20(17)25-24-14,11-15-2-6-18(22)7-3-15)12-16-4-8-19(23)9-5-16/h2-9,13-14,20H,10-12,22-23H2,1H3. The first-order valence-electron chi connectivity index (χ1n) is 8.92. The predicted molar refractivity (Wildman–Crippen MR) is 108 cm³/mol. The van der Waals surface area contributed by atoms with Crippen molar-refractivity contribution in [2.75, 3.05) is 11.5 Å². The summed E-state index contributed by atoms with van der Waals surface area (Å²) >= 11 is 1.87. The van der Waals surface area contributed by atoms with E-state index >= 15 is 0 Å². The van der Waals surface area contributed by atoms with E-state index in [1.807, 2.05) is 43.0 Å². The quantitative estimate of drug-likeness (QED) is 0.628. The van der Waals surface area contributed by atoms with Crippen LogP contribution in [0.5, 0.6) is 0 Å². The van der Waals surface area contributed by atoms with Crippen molar-refractivity contribution in [3.05, 3.63) is 70.6 Å². The van der Waals surface area contributed by atoms with Crippen molar-refractivity contribution >= 4 is 23.1 Å². The summed E-state index contributed by atoms with van der Waals surface area (Å²) in [6, 6.07) is 16.2. The van der Waals surface area contributed by atoms with Crippen LogP contribution in [0, 0.1) is 0 Å². The van der Waals surface area contributed by atoms with Crippen molar-refractivity contribution in [3.8, 4) is 0 Å². The number of hydrogen-bond acceptors (Lipinski definition) is 5. The number of rotatable bonds is 4. The Morgan fingerprint density at radius 3 is 2.00 bits per heavy atom. The van der Waals surface area contributed by atoms with Gasteiger partial charge in [-0.1, -0.05) is 24.3 Å².